The van der Waals surface area contributed by atoms with Gasteiger partial charge in [-0.25, -0.2) is 4.79 Å². The third-order valence-corrected chi connectivity index (χ3v) is 3.30. The van der Waals surface area contributed by atoms with E-state index in [0.29, 0.717) is 12.5 Å². The Morgan fingerprint density at radius 2 is 2.50 bits per heavy atom. The van der Waals surface area contributed by atoms with Crippen molar-refractivity contribution in [2.75, 3.05) is 26.2 Å². The number of carbonyl (C=O) groups excluding carboxylic acids is 1. The molecule has 0 radical (unpaired) electrons. The van der Waals surface area contributed by atoms with E-state index >= 15 is 0 Å². The number of piperidine rings is 1. The van der Waals surface area contributed by atoms with Gasteiger partial charge in [0.15, 0.2) is 0 Å². The Bertz CT molecular complexity index is 368. The van der Waals surface area contributed by atoms with Crippen LogP contribution in [-0.2, 0) is 9.53 Å². The standard InChI is InChI=1S/C12H16N2O2/c1-2-16-12(15)10(6-13)11-8-14-5-3-4-9(11)7-14/h9H,2-5,7-8H2,1H3/b11-10+. The third kappa shape index (κ3) is 1.96. The molecular weight excluding hydrogens is 204 g/mol. The average Bonchev–Trinajstić information content (AvgIpc) is 2.56. The Morgan fingerprint density at radius 3 is 3.12 bits per heavy atom. The van der Waals surface area contributed by atoms with Gasteiger partial charge in [-0.1, -0.05) is 0 Å². The molecule has 0 aromatic heterocycles. The topological polar surface area (TPSA) is 53.3 Å². The Hall–Kier alpha value is -1.34. The van der Waals surface area contributed by atoms with Gasteiger partial charge in [0, 0.05) is 13.1 Å². The fourth-order valence-corrected chi connectivity index (χ4v) is 2.59. The molecule has 4 heteroatoms. The summed E-state index contributed by atoms with van der Waals surface area (Å²) < 4.78 is 4.92. The quantitative estimate of drug-likeness (QED) is 0.397. The predicted octanol–water partition coefficient (Wildman–Crippen LogP) is 1.10. The average molecular weight is 220 g/mol. The van der Waals surface area contributed by atoms with Gasteiger partial charge in [0.2, 0.25) is 0 Å². The lowest BCUT2D eigenvalue weighted by molar-refractivity contribution is -0.138. The second-order valence-corrected chi connectivity index (χ2v) is 4.31. The van der Waals surface area contributed by atoms with Gasteiger partial charge < -0.3 is 4.74 Å². The van der Waals surface area contributed by atoms with E-state index in [9.17, 15) is 4.79 Å². The number of nitrogens with zero attached hydrogens (tertiary/aromatic N) is 2. The summed E-state index contributed by atoms with van der Waals surface area (Å²) in [4.78, 5) is 13.9. The Labute approximate surface area is 95.5 Å². The maximum atomic E-state index is 11.6. The van der Waals surface area contributed by atoms with Crippen molar-refractivity contribution in [2.45, 2.75) is 19.8 Å². The first-order valence-electron chi connectivity index (χ1n) is 5.79. The van der Waals surface area contributed by atoms with Crippen molar-refractivity contribution < 1.29 is 9.53 Å². The number of ether oxygens (including phenoxy) is 1. The van der Waals surface area contributed by atoms with Crippen LogP contribution in [0, 0.1) is 17.2 Å². The summed E-state index contributed by atoms with van der Waals surface area (Å²) in [5.74, 6) is -0.0541. The molecule has 2 saturated heterocycles. The molecule has 0 saturated carbocycles. The monoisotopic (exact) mass is 220 g/mol. The Kier molecular flexibility index (Phi) is 3.25. The van der Waals surface area contributed by atoms with Crippen LogP contribution in [0.4, 0.5) is 0 Å². The first-order valence-corrected chi connectivity index (χ1v) is 5.79. The number of hydrogen-bond acceptors (Lipinski definition) is 4. The lowest BCUT2D eigenvalue weighted by Gasteiger charge is -2.20. The highest BCUT2D eigenvalue weighted by Crippen LogP contribution is 2.33. The molecule has 2 rings (SSSR count). The van der Waals surface area contributed by atoms with E-state index in [1.54, 1.807) is 6.92 Å². The molecule has 2 fully saturated rings. The molecule has 86 valence electrons. The van der Waals surface area contributed by atoms with Gasteiger partial charge in [0.25, 0.3) is 0 Å². The van der Waals surface area contributed by atoms with Crippen LogP contribution in [-0.4, -0.2) is 37.1 Å². The minimum absolute atomic E-state index is 0.247. The normalized spacial score (nSPS) is 30.8. The summed E-state index contributed by atoms with van der Waals surface area (Å²) in [7, 11) is 0. The lowest BCUT2D eigenvalue weighted by Crippen LogP contribution is -2.25. The minimum atomic E-state index is -0.450. The Morgan fingerprint density at radius 1 is 1.69 bits per heavy atom. The van der Waals surface area contributed by atoms with E-state index < -0.39 is 5.97 Å². The van der Waals surface area contributed by atoms with E-state index in [1.807, 2.05) is 6.07 Å². The van der Waals surface area contributed by atoms with Crippen LogP contribution in [0.2, 0.25) is 0 Å². The summed E-state index contributed by atoms with van der Waals surface area (Å²) in [6.45, 7) is 4.94. The molecule has 0 N–H and O–H groups in total. The van der Waals surface area contributed by atoms with Crippen LogP contribution in [0.3, 0.4) is 0 Å². The van der Waals surface area contributed by atoms with Gasteiger partial charge in [-0.3, -0.25) is 4.90 Å². The van der Waals surface area contributed by atoms with E-state index in [1.165, 1.54) is 0 Å². The SMILES string of the molecule is CCOC(=O)/C(C#N)=C1\CN2CCCC1C2. The summed E-state index contributed by atoms with van der Waals surface area (Å²) in [6.07, 6.45) is 2.26. The van der Waals surface area contributed by atoms with E-state index in [-0.39, 0.29) is 5.57 Å². The van der Waals surface area contributed by atoms with Crippen LogP contribution in [0.15, 0.2) is 11.1 Å². The molecule has 2 bridgehead atoms. The molecule has 4 nitrogen and oxygen atoms in total. The zero-order valence-corrected chi connectivity index (χ0v) is 9.53. The fourth-order valence-electron chi connectivity index (χ4n) is 2.59. The van der Waals surface area contributed by atoms with Crippen LogP contribution in [0.5, 0.6) is 0 Å². The first-order chi connectivity index (χ1) is 7.76. The number of fused-ring (bicyclic) bond motifs is 2. The first kappa shape index (κ1) is 11.2. The Balaban J connectivity index is 2.24. The second-order valence-electron chi connectivity index (χ2n) is 4.31. The molecule has 2 heterocycles. The van der Waals surface area contributed by atoms with Crippen LogP contribution >= 0.6 is 0 Å². The lowest BCUT2D eigenvalue weighted by atomic mass is 9.93. The second kappa shape index (κ2) is 4.67. The molecule has 0 aromatic rings. The number of hydrogen-bond donors (Lipinski definition) is 0. The molecule has 0 aliphatic carbocycles. The summed E-state index contributed by atoms with van der Waals surface area (Å²) in [5.41, 5.74) is 1.25. The van der Waals surface area contributed by atoms with Crippen molar-refractivity contribution in [3.63, 3.8) is 0 Å². The van der Waals surface area contributed by atoms with Crippen LogP contribution in [0.1, 0.15) is 19.8 Å². The van der Waals surface area contributed by atoms with Gasteiger partial charge in [-0.2, -0.15) is 5.26 Å². The van der Waals surface area contributed by atoms with Crippen molar-refractivity contribution >= 4 is 5.97 Å². The van der Waals surface area contributed by atoms with Crippen molar-refractivity contribution in [3.8, 4) is 6.07 Å². The molecular formula is C12H16N2O2. The van der Waals surface area contributed by atoms with E-state index in [2.05, 4.69) is 4.90 Å². The summed E-state index contributed by atoms with van der Waals surface area (Å²) in [5, 5.41) is 9.08. The number of carbonyl (C=O) groups is 1. The molecule has 0 aromatic carbocycles. The van der Waals surface area contributed by atoms with E-state index in [0.717, 1.165) is 38.0 Å². The molecule has 16 heavy (non-hydrogen) atoms. The maximum Gasteiger partial charge on any atom is 0.348 e. The molecule has 2 unspecified atom stereocenters. The predicted molar refractivity (Wildman–Crippen MR) is 58.4 cm³/mol. The highest BCUT2D eigenvalue weighted by atomic mass is 16.5. The van der Waals surface area contributed by atoms with Gasteiger partial charge in [0.1, 0.15) is 11.6 Å². The molecule has 2 aliphatic rings. The highest BCUT2D eigenvalue weighted by molar-refractivity contribution is 5.94. The van der Waals surface area contributed by atoms with Crippen LogP contribution < -0.4 is 0 Å². The third-order valence-electron chi connectivity index (χ3n) is 3.30. The fraction of sp³-hybridized carbons (Fsp3) is 0.667. The van der Waals surface area contributed by atoms with Crippen LogP contribution in [0.25, 0.3) is 0 Å². The largest absolute Gasteiger partial charge is 0.462 e. The number of nitriles is 1. The van der Waals surface area contributed by atoms with Crippen molar-refractivity contribution in [3.05, 3.63) is 11.1 Å². The maximum absolute atomic E-state index is 11.6. The molecule has 0 amide bonds. The molecule has 2 atom stereocenters. The summed E-state index contributed by atoms with van der Waals surface area (Å²) >= 11 is 0. The van der Waals surface area contributed by atoms with Gasteiger partial charge >= 0.3 is 5.97 Å². The van der Waals surface area contributed by atoms with Gasteiger partial charge in [0.05, 0.1) is 6.61 Å². The zero-order chi connectivity index (χ0) is 11.5. The highest BCUT2D eigenvalue weighted by Gasteiger charge is 2.34. The summed E-state index contributed by atoms with van der Waals surface area (Å²) in [6, 6.07) is 2.02. The number of rotatable bonds is 2. The smallest absolute Gasteiger partial charge is 0.348 e. The van der Waals surface area contributed by atoms with Gasteiger partial charge in [-0.05, 0) is 37.8 Å². The van der Waals surface area contributed by atoms with Gasteiger partial charge in [-0.15, -0.1) is 0 Å². The zero-order valence-electron chi connectivity index (χ0n) is 9.53. The van der Waals surface area contributed by atoms with Crippen molar-refractivity contribution in [1.82, 2.24) is 4.90 Å². The minimum Gasteiger partial charge on any atom is -0.462 e. The van der Waals surface area contributed by atoms with E-state index in [4.69, 9.17) is 10.00 Å². The molecule has 0 spiro atoms. The van der Waals surface area contributed by atoms with Crippen molar-refractivity contribution in [2.24, 2.45) is 5.92 Å². The number of esters is 1. The molecule has 2 aliphatic heterocycles. The van der Waals surface area contributed by atoms with Crippen molar-refractivity contribution in [1.29, 1.82) is 5.26 Å².